The third-order valence-electron chi connectivity index (χ3n) is 3.27. The van der Waals surface area contributed by atoms with Crippen molar-refractivity contribution in [2.24, 2.45) is 0 Å². The number of ether oxygens (including phenoxy) is 1. The molecule has 0 saturated carbocycles. The van der Waals surface area contributed by atoms with Gasteiger partial charge in [-0.15, -0.1) is 0 Å². The van der Waals surface area contributed by atoms with Gasteiger partial charge < -0.3 is 10.1 Å². The van der Waals surface area contributed by atoms with Gasteiger partial charge in [-0.1, -0.05) is 49.4 Å². The number of benzene rings is 2. The lowest BCUT2D eigenvalue weighted by atomic mass is 10.0. The van der Waals surface area contributed by atoms with E-state index < -0.39 is 0 Å². The molecule has 2 nitrogen and oxygen atoms in total. The monoisotopic (exact) mass is 255 g/mol. The number of likely N-dealkylation sites (N-methyl/N-ethyl adjacent to an activating group) is 1. The molecule has 19 heavy (non-hydrogen) atoms. The summed E-state index contributed by atoms with van der Waals surface area (Å²) in [5.41, 5.74) is 2.63. The fourth-order valence-electron chi connectivity index (χ4n) is 2.07. The maximum atomic E-state index is 5.82. The van der Waals surface area contributed by atoms with Gasteiger partial charge in [-0.2, -0.15) is 0 Å². The molecule has 100 valence electrons. The van der Waals surface area contributed by atoms with E-state index in [9.17, 15) is 0 Å². The Morgan fingerprint density at radius 2 is 1.84 bits per heavy atom. The van der Waals surface area contributed by atoms with Gasteiger partial charge in [-0.25, -0.2) is 0 Å². The minimum absolute atomic E-state index is 0.215. The van der Waals surface area contributed by atoms with Crippen LogP contribution in [0.4, 0.5) is 0 Å². The highest BCUT2D eigenvalue weighted by molar-refractivity contribution is 5.27. The maximum absolute atomic E-state index is 5.82. The Kier molecular flexibility index (Phi) is 4.99. The van der Waals surface area contributed by atoms with Gasteiger partial charge in [0.15, 0.2) is 0 Å². The van der Waals surface area contributed by atoms with E-state index in [2.05, 4.69) is 36.5 Å². The van der Waals surface area contributed by atoms with Gasteiger partial charge >= 0.3 is 0 Å². The minimum atomic E-state index is 0.215. The van der Waals surface area contributed by atoms with Crippen molar-refractivity contribution in [3.63, 3.8) is 0 Å². The molecule has 1 N–H and O–H groups in total. The van der Waals surface area contributed by atoms with Crippen LogP contribution < -0.4 is 10.1 Å². The predicted octanol–water partition coefficient (Wildman–Crippen LogP) is 3.59. The molecule has 0 fully saturated rings. The van der Waals surface area contributed by atoms with E-state index in [0.29, 0.717) is 6.61 Å². The summed E-state index contributed by atoms with van der Waals surface area (Å²) < 4.78 is 5.82. The average Bonchev–Trinajstić information content (AvgIpc) is 2.49. The number of rotatable bonds is 6. The molecule has 2 heteroatoms. The van der Waals surface area contributed by atoms with Crippen LogP contribution in [0.15, 0.2) is 54.6 Å². The Balaban J connectivity index is 2.03. The first-order valence-electron chi connectivity index (χ1n) is 6.77. The van der Waals surface area contributed by atoms with Gasteiger partial charge in [0.05, 0.1) is 6.04 Å². The van der Waals surface area contributed by atoms with E-state index in [4.69, 9.17) is 4.74 Å². The molecule has 0 amide bonds. The largest absolute Gasteiger partial charge is 0.492 e. The lowest BCUT2D eigenvalue weighted by molar-refractivity contribution is 0.273. The van der Waals surface area contributed by atoms with Crippen molar-refractivity contribution in [1.82, 2.24) is 5.32 Å². The molecule has 2 aromatic carbocycles. The Morgan fingerprint density at radius 3 is 2.53 bits per heavy atom. The predicted molar refractivity (Wildman–Crippen MR) is 79.6 cm³/mol. The number of para-hydroxylation sites is 1. The molecule has 0 heterocycles. The first-order valence-corrected chi connectivity index (χ1v) is 6.77. The molecular weight excluding hydrogens is 234 g/mol. The van der Waals surface area contributed by atoms with Crippen LogP contribution in [-0.2, 0) is 6.42 Å². The summed E-state index contributed by atoms with van der Waals surface area (Å²) in [7, 11) is 1.97. The molecule has 0 saturated heterocycles. The fourth-order valence-corrected chi connectivity index (χ4v) is 2.07. The van der Waals surface area contributed by atoms with Crippen LogP contribution in [0.2, 0.25) is 0 Å². The Morgan fingerprint density at radius 1 is 1.05 bits per heavy atom. The minimum Gasteiger partial charge on any atom is -0.492 e. The Labute approximate surface area is 115 Å². The highest BCUT2D eigenvalue weighted by Crippen LogP contribution is 2.17. The highest BCUT2D eigenvalue weighted by atomic mass is 16.5. The second-order valence-electron chi connectivity index (χ2n) is 4.56. The van der Waals surface area contributed by atoms with E-state index in [1.807, 2.05) is 37.4 Å². The number of aryl methyl sites for hydroxylation is 1. The summed E-state index contributed by atoms with van der Waals surface area (Å²) in [5, 5.41) is 3.31. The van der Waals surface area contributed by atoms with Crippen LogP contribution in [0.1, 0.15) is 24.1 Å². The van der Waals surface area contributed by atoms with Crippen LogP contribution >= 0.6 is 0 Å². The standard InChI is InChI=1S/C17H21NO/c1-3-14-8-7-9-15(12-14)17(18-2)13-19-16-10-5-4-6-11-16/h4-12,17-18H,3,13H2,1-2H3. The maximum Gasteiger partial charge on any atom is 0.119 e. The van der Waals surface area contributed by atoms with Gasteiger partial charge in [0.25, 0.3) is 0 Å². The van der Waals surface area contributed by atoms with Crippen molar-refractivity contribution in [2.45, 2.75) is 19.4 Å². The Bertz CT molecular complexity index is 496. The number of nitrogens with one attached hydrogen (secondary N) is 1. The molecular formula is C17H21NO. The second kappa shape index (κ2) is 6.95. The molecule has 0 bridgehead atoms. The van der Waals surface area contributed by atoms with Gasteiger partial charge in [-0.05, 0) is 36.7 Å². The first-order chi connectivity index (χ1) is 9.33. The second-order valence-corrected chi connectivity index (χ2v) is 4.56. The highest BCUT2D eigenvalue weighted by Gasteiger charge is 2.10. The first kappa shape index (κ1) is 13.6. The quantitative estimate of drug-likeness (QED) is 0.851. The third kappa shape index (κ3) is 3.83. The summed E-state index contributed by atoms with van der Waals surface area (Å²) in [6.45, 7) is 2.81. The van der Waals surface area contributed by atoms with Crippen LogP contribution in [0.3, 0.4) is 0 Å². The van der Waals surface area contributed by atoms with Crippen LogP contribution in [0, 0.1) is 0 Å². The van der Waals surface area contributed by atoms with Gasteiger partial charge in [0, 0.05) is 0 Å². The lowest BCUT2D eigenvalue weighted by Gasteiger charge is -2.18. The van der Waals surface area contributed by atoms with Crippen molar-refractivity contribution in [1.29, 1.82) is 0 Å². The zero-order chi connectivity index (χ0) is 13.5. The van der Waals surface area contributed by atoms with Gasteiger partial charge in [0.2, 0.25) is 0 Å². The van der Waals surface area contributed by atoms with Crippen molar-refractivity contribution >= 4 is 0 Å². The van der Waals surface area contributed by atoms with Gasteiger partial charge in [0.1, 0.15) is 12.4 Å². The van der Waals surface area contributed by atoms with E-state index in [0.717, 1.165) is 12.2 Å². The molecule has 2 rings (SSSR count). The smallest absolute Gasteiger partial charge is 0.119 e. The van der Waals surface area contributed by atoms with Crippen molar-refractivity contribution in [3.8, 4) is 5.75 Å². The Hall–Kier alpha value is -1.80. The SMILES string of the molecule is CCc1cccc(C(COc2ccccc2)NC)c1. The number of hydrogen-bond donors (Lipinski definition) is 1. The molecule has 0 aromatic heterocycles. The van der Waals surface area contributed by atoms with E-state index in [1.54, 1.807) is 0 Å². The normalized spacial score (nSPS) is 12.1. The van der Waals surface area contributed by atoms with E-state index >= 15 is 0 Å². The topological polar surface area (TPSA) is 21.3 Å². The van der Waals surface area contributed by atoms with Gasteiger partial charge in [-0.3, -0.25) is 0 Å². The summed E-state index contributed by atoms with van der Waals surface area (Å²) in [4.78, 5) is 0. The molecule has 0 aliphatic rings. The van der Waals surface area contributed by atoms with Crippen molar-refractivity contribution in [2.75, 3.05) is 13.7 Å². The molecule has 0 radical (unpaired) electrons. The average molecular weight is 255 g/mol. The van der Waals surface area contributed by atoms with E-state index in [1.165, 1.54) is 11.1 Å². The fraction of sp³-hybridized carbons (Fsp3) is 0.294. The summed E-state index contributed by atoms with van der Waals surface area (Å²) >= 11 is 0. The zero-order valence-corrected chi connectivity index (χ0v) is 11.6. The van der Waals surface area contributed by atoms with Crippen molar-refractivity contribution < 1.29 is 4.74 Å². The third-order valence-corrected chi connectivity index (χ3v) is 3.27. The molecule has 1 atom stereocenters. The van der Waals surface area contributed by atoms with Crippen LogP contribution in [0.25, 0.3) is 0 Å². The zero-order valence-electron chi connectivity index (χ0n) is 11.6. The molecule has 0 aliphatic heterocycles. The van der Waals surface area contributed by atoms with Crippen molar-refractivity contribution in [3.05, 3.63) is 65.7 Å². The summed E-state index contributed by atoms with van der Waals surface area (Å²) in [5.74, 6) is 0.911. The summed E-state index contributed by atoms with van der Waals surface area (Å²) in [6.07, 6.45) is 1.06. The number of hydrogen-bond acceptors (Lipinski definition) is 2. The molecule has 2 aromatic rings. The van der Waals surface area contributed by atoms with E-state index in [-0.39, 0.29) is 6.04 Å². The summed E-state index contributed by atoms with van der Waals surface area (Å²) in [6, 6.07) is 18.8. The van der Waals surface area contributed by atoms with Crippen LogP contribution in [-0.4, -0.2) is 13.7 Å². The molecule has 1 unspecified atom stereocenters. The lowest BCUT2D eigenvalue weighted by Crippen LogP contribution is -2.23. The molecule has 0 aliphatic carbocycles. The van der Waals surface area contributed by atoms with Crippen LogP contribution in [0.5, 0.6) is 5.75 Å². The molecule has 0 spiro atoms.